The smallest absolute Gasteiger partial charge is 0.377 e. The van der Waals surface area contributed by atoms with Gasteiger partial charge in [0.05, 0.1) is 31.5 Å². The Labute approximate surface area is 616 Å². The lowest BCUT2D eigenvalue weighted by Gasteiger charge is -2.42. The van der Waals surface area contributed by atoms with Gasteiger partial charge < -0.3 is 64.8 Å². The van der Waals surface area contributed by atoms with Gasteiger partial charge in [-0.05, 0) is 134 Å². The van der Waals surface area contributed by atoms with Gasteiger partial charge in [0.15, 0.2) is 0 Å². The first kappa shape index (κ1) is 86.0. The van der Waals surface area contributed by atoms with Gasteiger partial charge in [-0.25, -0.2) is 8.78 Å². The van der Waals surface area contributed by atoms with Crippen molar-refractivity contribution >= 4 is 70.9 Å². The molecule has 3 N–H and O–H groups in total. The summed E-state index contributed by atoms with van der Waals surface area (Å²) in [6, 6.07) is -11.4. The second-order valence-electron chi connectivity index (χ2n) is 31.1. The highest BCUT2D eigenvalue weighted by Crippen LogP contribution is 2.45. The minimum Gasteiger partial charge on any atom is -0.377 e. The van der Waals surface area contributed by atoms with Crippen LogP contribution in [0.1, 0.15) is 169 Å². The Morgan fingerprint density at radius 3 is 1.81 bits per heavy atom. The molecule has 3 saturated carbocycles. The number of likely N-dealkylation sites (N-methyl/N-ethyl adjacent to an activating group) is 7. The summed E-state index contributed by atoms with van der Waals surface area (Å²) in [5, 5.41) is 8.30. The zero-order valence-electron chi connectivity index (χ0n) is 63.4. The molecule has 2 bridgehead atoms. The van der Waals surface area contributed by atoms with Gasteiger partial charge in [0.2, 0.25) is 70.9 Å². The van der Waals surface area contributed by atoms with E-state index in [0.717, 1.165) is 29.4 Å². The zero-order chi connectivity index (χ0) is 78.8. The van der Waals surface area contributed by atoms with E-state index in [0.29, 0.717) is 51.4 Å². The van der Waals surface area contributed by atoms with Crippen molar-refractivity contribution in [1.82, 2.24) is 60.0 Å². The van der Waals surface area contributed by atoms with Crippen LogP contribution in [0.4, 0.5) is 35.1 Å². The Morgan fingerprint density at radius 1 is 0.632 bits per heavy atom. The quantitative estimate of drug-likeness (QED) is 0.165. The minimum absolute atomic E-state index is 0.00635. The third-order valence-electron chi connectivity index (χ3n) is 23.6. The van der Waals surface area contributed by atoms with Gasteiger partial charge in [0.25, 0.3) is 0 Å². The van der Waals surface area contributed by atoms with Crippen LogP contribution in [0.3, 0.4) is 0 Å². The van der Waals surface area contributed by atoms with Gasteiger partial charge in [0, 0.05) is 82.5 Å². The van der Waals surface area contributed by atoms with Crippen molar-refractivity contribution < 1.29 is 97.4 Å². The Hall–Kier alpha value is -7.22. The number of amides is 12. The number of hydrogen-bond acceptors (Lipinski definition) is 13. The van der Waals surface area contributed by atoms with E-state index in [1.54, 1.807) is 32.9 Å². The van der Waals surface area contributed by atoms with E-state index in [9.17, 15) is 55.1 Å². The van der Waals surface area contributed by atoms with Gasteiger partial charge >= 0.3 is 12.4 Å². The van der Waals surface area contributed by atoms with Crippen molar-refractivity contribution in [2.45, 2.75) is 254 Å². The van der Waals surface area contributed by atoms with Gasteiger partial charge in [-0.15, -0.1) is 0 Å². The van der Waals surface area contributed by atoms with E-state index >= 15 is 37.5 Å². The molecule has 7 rings (SSSR count). The van der Waals surface area contributed by atoms with E-state index in [2.05, 4.69) is 16.0 Å². The lowest BCUT2D eigenvalue weighted by atomic mass is 9.76. The third-order valence-corrected chi connectivity index (χ3v) is 23.6. The standard InChI is InChI=1S/C73H112F8N12O13/c1-13-42(3)60-68(103)87(8)41-58(96)89(10)52-24-16-15-21-33-92(67(52)102)55(36-44-25-28-47(29-26-44)72(76,77)78)66(101)86(7)40-56(94)82-51(30-27-45-34-49(74)59(50(75)35-45)73(79,80)81)64(99)93-39-48(106-14-2)37-53(93)63(98)84-71(31-19-20-32-71)70(105)91(12)61(46-22-17-18-23-46)69(104)90(11)54(65(100)85(5)6)38-57(95)88(9)43(4)62(97)83-60/h19-20,42-55,59-61H,13-18,21-41H2,1-12H3,(H,82,94)(H,83,97)(H,84,98)/t42-,43-,44?,45?,47?,48+,49?,50?,51-,52-,53-,54-,55-,59?,60-,61-/m0/s1. The molecule has 4 aliphatic carbocycles. The van der Waals surface area contributed by atoms with E-state index < -0.39 is 230 Å². The van der Waals surface area contributed by atoms with Crippen LogP contribution in [0.5, 0.6) is 0 Å². The average molecular weight is 1520 g/mol. The maximum Gasteiger partial charge on any atom is 0.397 e. The van der Waals surface area contributed by atoms with Crippen LogP contribution in [-0.4, -0.2) is 289 Å². The largest absolute Gasteiger partial charge is 0.397 e. The monoisotopic (exact) mass is 1520 g/mol. The van der Waals surface area contributed by atoms with Crippen LogP contribution < -0.4 is 16.0 Å². The Balaban J connectivity index is 1.31. The molecule has 12 atom stereocenters. The van der Waals surface area contributed by atoms with Crippen LogP contribution in [-0.2, 0) is 62.3 Å². The minimum atomic E-state index is -5.22. The number of carbonyl (C=O) groups excluding carboxylic acids is 12. The summed E-state index contributed by atoms with van der Waals surface area (Å²) in [6.45, 7) is 4.70. The number of carbonyl (C=O) groups is 12. The number of nitrogens with one attached hydrogen (secondary N) is 3. The molecule has 2 unspecified atom stereocenters. The molecule has 6 fully saturated rings. The molecule has 33 heteroatoms. The number of rotatable bonds is 11. The molecule has 3 aliphatic heterocycles. The molecular weight excluding hydrogens is 1400 g/mol. The predicted octanol–water partition coefficient (Wildman–Crippen LogP) is 5.71. The van der Waals surface area contributed by atoms with Crippen molar-refractivity contribution in [2.24, 2.45) is 35.5 Å². The highest BCUT2D eigenvalue weighted by Gasteiger charge is 2.56. The molecule has 0 aromatic carbocycles. The van der Waals surface area contributed by atoms with Crippen molar-refractivity contribution in [3.05, 3.63) is 12.2 Å². The average Bonchev–Trinajstić information content (AvgIpc) is 1.53. The van der Waals surface area contributed by atoms with Crippen molar-refractivity contribution in [1.29, 1.82) is 0 Å². The lowest BCUT2D eigenvalue weighted by Crippen LogP contribution is -2.65. The molecule has 12 amide bonds. The first-order valence-electron chi connectivity index (χ1n) is 37.6. The van der Waals surface area contributed by atoms with Crippen molar-refractivity contribution in [3.8, 4) is 0 Å². The van der Waals surface area contributed by atoms with Crippen molar-refractivity contribution in [3.63, 3.8) is 0 Å². The number of nitrogens with zero attached hydrogens (tertiary/aromatic N) is 9. The summed E-state index contributed by atoms with van der Waals surface area (Å²) in [6.07, 6.45) is -12.9. The second-order valence-corrected chi connectivity index (χ2v) is 31.1. The topological polar surface area (TPSA) is 279 Å². The molecule has 0 aromatic heterocycles. The van der Waals surface area contributed by atoms with Crippen LogP contribution in [0.2, 0.25) is 0 Å². The number of ether oxygens (including phenoxy) is 1. The molecule has 0 aromatic rings. The van der Waals surface area contributed by atoms with Crippen LogP contribution >= 0.6 is 0 Å². The number of alkyl halides is 8. The predicted molar refractivity (Wildman–Crippen MR) is 372 cm³/mol. The molecule has 7 aliphatic rings. The van der Waals surface area contributed by atoms with Gasteiger partial charge in [-0.2, -0.15) is 26.3 Å². The summed E-state index contributed by atoms with van der Waals surface area (Å²) >= 11 is 0. The summed E-state index contributed by atoms with van der Waals surface area (Å²) in [7, 11) is 10.8. The molecule has 598 valence electrons. The summed E-state index contributed by atoms with van der Waals surface area (Å²) in [5.41, 5.74) is -1.82. The maximum absolute atomic E-state index is 15.6. The number of hydrogen-bond donors (Lipinski definition) is 3. The van der Waals surface area contributed by atoms with E-state index in [-0.39, 0.29) is 83.9 Å². The molecule has 3 heterocycles. The van der Waals surface area contributed by atoms with Gasteiger partial charge in [-0.1, -0.05) is 58.1 Å². The molecule has 1 spiro atoms. The van der Waals surface area contributed by atoms with E-state index in [1.165, 1.54) is 78.0 Å². The number of halogens is 8. The van der Waals surface area contributed by atoms with E-state index in [4.69, 9.17) is 4.74 Å². The first-order valence-corrected chi connectivity index (χ1v) is 37.6. The third kappa shape index (κ3) is 20.6. The Bertz CT molecular complexity index is 3170. The van der Waals surface area contributed by atoms with Gasteiger partial charge in [-0.3, -0.25) is 57.5 Å². The summed E-state index contributed by atoms with van der Waals surface area (Å²) in [4.78, 5) is 190. The fraction of sp³-hybridized carbons (Fsp3) is 0.808. The fourth-order valence-corrected chi connectivity index (χ4v) is 16.7. The van der Waals surface area contributed by atoms with Crippen LogP contribution in [0.15, 0.2) is 12.2 Å². The summed E-state index contributed by atoms with van der Waals surface area (Å²) < 4.78 is 121. The molecule has 3 saturated heterocycles. The second kappa shape index (κ2) is 36.8. The SMILES string of the molecule is CCO[C@@H]1C[C@H]2C(=O)NC3(CC=CC3)C(=O)N(C)[C@@H](C3CCCC3)C(=O)N(C)[C@H](C(=O)N(C)C)CC(=O)N(C)[C@@H](C)C(=O)N[C@@H]([C@@H](C)CC)C(=O)N(C)CC(=O)N(C)[C@H]3CCCCCN(C3=O)[C@@H](CC3CCC(C(F)(F)F)CC3)C(=O)N(C)CC(=O)N[C@@H](CCC3CC(F)C(C(F)(F)F)C(F)C3)C(=O)N2C1. The molecule has 106 heavy (non-hydrogen) atoms. The summed E-state index contributed by atoms with van der Waals surface area (Å²) in [5.74, 6) is -16.9. The van der Waals surface area contributed by atoms with E-state index in [1.807, 2.05) is 0 Å². The zero-order valence-corrected chi connectivity index (χ0v) is 63.4. The lowest BCUT2D eigenvalue weighted by molar-refractivity contribution is -0.219. The molecule has 25 nitrogen and oxygen atoms in total. The maximum atomic E-state index is 15.6. The van der Waals surface area contributed by atoms with Crippen LogP contribution in [0.25, 0.3) is 0 Å². The fourth-order valence-electron chi connectivity index (χ4n) is 16.7. The normalized spacial score (nSPS) is 32.1. The molecular formula is C73H112F8N12O13. The van der Waals surface area contributed by atoms with Gasteiger partial charge in [0.1, 0.15) is 72.1 Å². The Morgan fingerprint density at radius 2 is 1.24 bits per heavy atom. The number of fused-ring (bicyclic) bond motifs is 3. The van der Waals surface area contributed by atoms with Crippen LogP contribution in [0, 0.1) is 35.5 Å². The Kier molecular flexibility index (Phi) is 29.9. The molecule has 0 radical (unpaired) electrons. The highest BCUT2D eigenvalue weighted by molar-refractivity contribution is 6.01. The highest BCUT2D eigenvalue weighted by atomic mass is 19.4. The first-order chi connectivity index (χ1) is 49.7. The van der Waals surface area contributed by atoms with Crippen molar-refractivity contribution in [2.75, 3.05) is 89.2 Å².